The molecule has 3 heterocycles. The van der Waals surface area contributed by atoms with Gasteiger partial charge in [0.15, 0.2) is 0 Å². The average Bonchev–Trinajstić information content (AvgIpc) is 3.43. The summed E-state index contributed by atoms with van der Waals surface area (Å²) in [5, 5.41) is 4.19. The molecule has 29 heavy (non-hydrogen) atoms. The Hall–Kier alpha value is -2.96. The third-order valence-electron chi connectivity index (χ3n) is 6.17. The summed E-state index contributed by atoms with van der Waals surface area (Å²) in [7, 11) is 0. The zero-order valence-corrected chi connectivity index (χ0v) is 16.6. The molecule has 2 aliphatic rings. The predicted molar refractivity (Wildman–Crippen MR) is 107 cm³/mol. The maximum Gasteiger partial charge on any atom is 0.250 e. The standard InChI is InChI=1S/C22H25N5O2/c1-14-7-9-15(10-8-14)20-25-21(29-26-20)19-11-17-18(24-13-23-17)12-27(19)22(28)16-5-3-2-4-6-16/h7-10,13,16,19H,2-6,11-12H2,1H3,(H,23,24)/t19-/m0/s1. The number of aromatic amines is 1. The van der Waals surface area contributed by atoms with Gasteiger partial charge < -0.3 is 14.4 Å². The van der Waals surface area contributed by atoms with Crippen molar-refractivity contribution in [1.82, 2.24) is 25.0 Å². The van der Waals surface area contributed by atoms with Gasteiger partial charge in [0.05, 0.1) is 24.3 Å². The fourth-order valence-electron chi connectivity index (χ4n) is 4.46. The van der Waals surface area contributed by atoms with Gasteiger partial charge >= 0.3 is 0 Å². The molecule has 1 N–H and O–H groups in total. The van der Waals surface area contributed by atoms with Crippen molar-refractivity contribution in [3.8, 4) is 11.4 Å². The Labute approximate surface area is 169 Å². The fraction of sp³-hybridized carbons (Fsp3) is 0.455. The van der Waals surface area contributed by atoms with Crippen LogP contribution in [0.5, 0.6) is 0 Å². The van der Waals surface area contributed by atoms with Crippen LogP contribution in [0.15, 0.2) is 35.1 Å². The minimum atomic E-state index is -0.271. The van der Waals surface area contributed by atoms with Gasteiger partial charge in [-0.3, -0.25) is 4.79 Å². The Bertz CT molecular complexity index is 1000. The van der Waals surface area contributed by atoms with Gasteiger partial charge in [0.1, 0.15) is 6.04 Å². The number of amides is 1. The molecule has 1 amide bonds. The number of carbonyl (C=O) groups is 1. The van der Waals surface area contributed by atoms with Crippen molar-refractivity contribution < 1.29 is 9.32 Å². The molecule has 2 aromatic heterocycles. The zero-order chi connectivity index (χ0) is 19.8. The van der Waals surface area contributed by atoms with E-state index >= 15 is 0 Å². The first kappa shape index (κ1) is 18.1. The third-order valence-corrected chi connectivity index (χ3v) is 6.17. The molecule has 7 nitrogen and oxygen atoms in total. The van der Waals surface area contributed by atoms with Crippen LogP contribution in [-0.2, 0) is 17.8 Å². The molecule has 1 aromatic carbocycles. The summed E-state index contributed by atoms with van der Waals surface area (Å²) in [6, 6.07) is 7.76. The van der Waals surface area contributed by atoms with Gasteiger partial charge in [-0.25, -0.2) is 4.98 Å². The maximum absolute atomic E-state index is 13.4. The third kappa shape index (κ3) is 3.45. The lowest BCUT2D eigenvalue weighted by Gasteiger charge is -2.36. The molecule has 0 unspecified atom stereocenters. The van der Waals surface area contributed by atoms with Crippen LogP contribution in [0, 0.1) is 12.8 Å². The molecule has 0 radical (unpaired) electrons. The molecule has 1 fully saturated rings. The second-order valence-electron chi connectivity index (χ2n) is 8.17. The van der Waals surface area contributed by atoms with E-state index in [1.807, 2.05) is 36.1 Å². The molecule has 7 heteroatoms. The lowest BCUT2D eigenvalue weighted by Crippen LogP contribution is -2.42. The van der Waals surface area contributed by atoms with Gasteiger partial charge in [0.2, 0.25) is 17.6 Å². The monoisotopic (exact) mass is 391 g/mol. The number of H-pyrrole nitrogens is 1. The lowest BCUT2D eigenvalue weighted by atomic mass is 9.87. The highest BCUT2D eigenvalue weighted by atomic mass is 16.5. The fourth-order valence-corrected chi connectivity index (χ4v) is 4.46. The average molecular weight is 391 g/mol. The highest BCUT2D eigenvalue weighted by Crippen LogP contribution is 2.35. The minimum absolute atomic E-state index is 0.0928. The summed E-state index contributed by atoms with van der Waals surface area (Å²) in [6.45, 7) is 2.56. The second kappa shape index (κ2) is 7.46. The van der Waals surface area contributed by atoms with E-state index in [0.717, 1.165) is 42.6 Å². The maximum atomic E-state index is 13.4. The normalized spacial score (nSPS) is 19.9. The molecule has 1 saturated carbocycles. The van der Waals surface area contributed by atoms with E-state index in [2.05, 4.69) is 20.1 Å². The SMILES string of the molecule is Cc1ccc(-c2noc([C@@H]3Cc4nc[nH]c4CN3C(=O)C3CCCCC3)n2)cc1. The largest absolute Gasteiger partial charge is 0.347 e. The molecule has 5 rings (SSSR count). The van der Waals surface area contributed by atoms with Gasteiger partial charge in [0.25, 0.3) is 0 Å². The second-order valence-corrected chi connectivity index (χ2v) is 8.17. The number of hydrogen-bond acceptors (Lipinski definition) is 5. The van der Waals surface area contributed by atoms with E-state index in [9.17, 15) is 4.79 Å². The van der Waals surface area contributed by atoms with Crippen LogP contribution >= 0.6 is 0 Å². The number of carbonyl (C=O) groups excluding carboxylic acids is 1. The number of benzene rings is 1. The van der Waals surface area contributed by atoms with E-state index in [4.69, 9.17) is 4.52 Å². The van der Waals surface area contributed by atoms with Crippen LogP contribution in [0.25, 0.3) is 11.4 Å². The summed E-state index contributed by atoms with van der Waals surface area (Å²) >= 11 is 0. The van der Waals surface area contributed by atoms with Crippen molar-refractivity contribution in [2.24, 2.45) is 5.92 Å². The Morgan fingerprint density at radius 2 is 1.97 bits per heavy atom. The number of aryl methyl sites for hydroxylation is 1. The molecule has 0 saturated heterocycles. The van der Waals surface area contributed by atoms with Crippen LogP contribution in [0.4, 0.5) is 0 Å². The highest BCUT2D eigenvalue weighted by Gasteiger charge is 2.38. The van der Waals surface area contributed by atoms with Crippen molar-refractivity contribution >= 4 is 5.91 Å². The summed E-state index contributed by atoms with van der Waals surface area (Å²) in [6.07, 6.45) is 7.70. The van der Waals surface area contributed by atoms with E-state index in [0.29, 0.717) is 24.7 Å². The lowest BCUT2D eigenvalue weighted by molar-refractivity contribution is -0.141. The van der Waals surface area contributed by atoms with Crippen LogP contribution in [0.3, 0.4) is 0 Å². The number of hydrogen-bond donors (Lipinski definition) is 1. The van der Waals surface area contributed by atoms with Crippen LogP contribution in [0.1, 0.15) is 61.0 Å². The van der Waals surface area contributed by atoms with Gasteiger partial charge in [-0.1, -0.05) is 54.2 Å². The summed E-state index contributed by atoms with van der Waals surface area (Å²) < 4.78 is 5.66. The molecule has 1 aliphatic carbocycles. The van der Waals surface area contributed by atoms with Crippen LogP contribution < -0.4 is 0 Å². The molecule has 0 bridgehead atoms. The van der Waals surface area contributed by atoms with Gasteiger partial charge in [0, 0.05) is 17.9 Å². The van der Waals surface area contributed by atoms with E-state index in [-0.39, 0.29) is 17.9 Å². The smallest absolute Gasteiger partial charge is 0.250 e. The number of fused-ring (bicyclic) bond motifs is 1. The number of nitrogens with one attached hydrogen (secondary N) is 1. The van der Waals surface area contributed by atoms with E-state index < -0.39 is 0 Å². The molecule has 1 aliphatic heterocycles. The van der Waals surface area contributed by atoms with Crippen LogP contribution in [0.2, 0.25) is 0 Å². The Kier molecular flexibility index (Phi) is 4.66. The van der Waals surface area contributed by atoms with Crippen molar-refractivity contribution in [2.75, 3.05) is 0 Å². The van der Waals surface area contributed by atoms with E-state index in [1.54, 1.807) is 6.33 Å². The number of nitrogens with zero attached hydrogens (tertiary/aromatic N) is 4. The topological polar surface area (TPSA) is 87.9 Å². The molecule has 3 aromatic rings. The highest BCUT2D eigenvalue weighted by molar-refractivity contribution is 5.79. The number of aromatic nitrogens is 4. The first-order valence-electron chi connectivity index (χ1n) is 10.4. The van der Waals surface area contributed by atoms with Crippen molar-refractivity contribution in [1.29, 1.82) is 0 Å². The predicted octanol–water partition coefficient (Wildman–Crippen LogP) is 3.97. The molecule has 1 atom stereocenters. The number of imidazole rings is 1. The van der Waals surface area contributed by atoms with Crippen molar-refractivity contribution in [3.05, 3.63) is 53.4 Å². The number of rotatable bonds is 3. The molecular formula is C22H25N5O2. The zero-order valence-electron chi connectivity index (χ0n) is 16.6. The Balaban J connectivity index is 1.46. The Morgan fingerprint density at radius 1 is 1.17 bits per heavy atom. The summed E-state index contributed by atoms with van der Waals surface area (Å²) in [5.74, 6) is 1.33. The molecule has 0 spiro atoms. The van der Waals surface area contributed by atoms with Crippen LogP contribution in [-0.4, -0.2) is 30.9 Å². The summed E-state index contributed by atoms with van der Waals surface area (Å²) in [5.41, 5.74) is 4.06. The molecule has 150 valence electrons. The van der Waals surface area contributed by atoms with Crippen molar-refractivity contribution in [2.45, 2.75) is 58.0 Å². The van der Waals surface area contributed by atoms with Gasteiger partial charge in [-0.2, -0.15) is 4.98 Å². The Morgan fingerprint density at radius 3 is 2.76 bits per heavy atom. The van der Waals surface area contributed by atoms with Gasteiger partial charge in [-0.05, 0) is 19.8 Å². The molecular weight excluding hydrogens is 366 g/mol. The summed E-state index contributed by atoms with van der Waals surface area (Å²) in [4.78, 5) is 27.6. The first-order chi connectivity index (χ1) is 14.2. The van der Waals surface area contributed by atoms with Crippen molar-refractivity contribution in [3.63, 3.8) is 0 Å². The van der Waals surface area contributed by atoms with E-state index in [1.165, 1.54) is 12.0 Å². The van der Waals surface area contributed by atoms with Gasteiger partial charge in [-0.15, -0.1) is 0 Å². The first-order valence-corrected chi connectivity index (χ1v) is 10.4. The quantitative estimate of drug-likeness (QED) is 0.730. The minimum Gasteiger partial charge on any atom is -0.347 e.